The lowest BCUT2D eigenvalue weighted by atomic mass is 10.1. The van der Waals surface area contributed by atoms with Gasteiger partial charge in [-0.1, -0.05) is 66.2 Å². The maximum absolute atomic E-state index is 12.9. The van der Waals surface area contributed by atoms with E-state index in [0.29, 0.717) is 39.3 Å². The van der Waals surface area contributed by atoms with Crippen LogP contribution in [0.1, 0.15) is 11.1 Å². The zero-order valence-corrected chi connectivity index (χ0v) is 20.3. The van der Waals surface area contributed by atoms with E-state index in [1.165, 1.54) is 7.11 Å². The SMILES string of the molecule is COc1cc(/C=C2\SC(=O)N(c3ccccc3)C2=O)cc(Cl)c1OCc1ccc2ccccc2c1. The van der Waals surface area contributed by atoms with Crippen molar-refractivity contribution in [2.45, 2.75) is 6.61 Å². The van der Waals surface area contributed by atoms with Gasteiger partial charge in [-0.05, 0) is 70.1 Å². The highest BCUT2D eigenvalue weighted by atomic mass is 35.5. The summed E-state index contributed by atoms with van der Waals surface area (Å²) < 4.78 is 11.5. The van der Waals surface area contributed by atoms with Crippen molar-refractivity contribution >= 4 is 57.0 Å². The third-order valence-corrected chi connectivity index (χ3v) is 6.71. The molecule has 1 aliphatic rings. The van der Waals surface area contributed by atoms with Crippen LogP contribution in [-0.2, 0) is 11.4 Å². The van der Waals surface area contributed by atoms with Gasteiger partial charge < -0.3 is 9.47 Å². The second-order valence-corrected chi connectivity index (χ2v) is 9.26. The fraction of sp³-hybridized carbons (Fsp3) is 0.0714. The summed E-state index contributed by atoms with van der Waals surface area (Å²) in [5.74, 6) is 0.474. The molecule has 0 atom stereocenters. The van der Waals surface area contributed by atoms with Crippen molar-refractivity contribution in [3.8, 4) is 11.5 Å². The van der Waals surface area contributed by atoms with Gasteiger partial charge in [-0.15, -0.1) is 0 Å². The summed E-state index contributed by atoms with van der Waals surface area (Å²) in [5, 5.41) is 2.29. The molecular formula is C28H20ClNO4S. The number of fused-ring (bicyclic) bond motifs is 1. The molecule has 0 N–H and O–H groups in total. The molecule has 1 fully saturated rings. The first kappa shape index (κ1) is 23.0. The molecule has 1 heterocycles. The van der Waals surface area contributed by atoms with Gasteiger partial charge in [-0.2, -0.15) is 0 Å². The summed E-state index contributed by atoms with van der Waals surface area (Å²) in [6.45, 7) is 0.316. The number of amides is 2. The summed E-state index contributed by atoms with van der Waals surface area (Å²) in [5.41, 5.74) is 2.16. The lowest BCUT2D eigenvalue weighted by Crippen LogP contribution is -2.27. The zero-order chi connectivity index (χ0) is 24.4. The van der Waals surface area contributed by atoms with Crippen LogP contribution < -0.4 is 14.4 Å². The van der Waals surface area contributed by atoms with Crippen molar-refractivity contribution < 1.29 is 19.1 Å². The third kappa shape index (κ3) is 4.76. The van der Waals surface area contributed by atoms with Gasteiger partial charge in [0.2, 0.25) is 0 Å². The van der Waals surface area contributed by atoms with Crippen LogP contribution >= 0.6 is 23.4 Å². The molecule has 0 saturated carbocycles. The van der Waals surface area contributed by atoms with Crippen LogP contribution in [0.5, 0.6) is 11.5 Å². The number of carbonyl (C=O) groups is 2. The maximum Gasteiger partial charge on any atom is 0.298 e. The smallest absolute Gasteiger partial charge is 0.298 e. The number of imide groups is 1. The number of anilines is 1. The molecule has 0 aliphatic carbocycles. The number of ether oxygens (including phenoxy) is 2. The number of carbonyl (C=O) groups excluding carboxylic acids is 2. The molecule has 7 heteroatoms. The number of thioether (sulfide) groups is 1. The minimum absolute atomic E-state index is 0.307. The highest BCUT2D eigenvalue weighted by Gasteiger charge is 2.36. The van der Waals surface area contributed by atoms with E-state index >= 15 is 0 Å². The summed E-state index contributed by atoms with van der Waals surface area (Å²) in [7, 11) is 1.53. The van der Waals surface area contributed by atoms with E-state index in [2.05, 4.69) is 24.3 Å². The highest BCUT2D eigenvalue weighted by molar-refractivity contribution is 8.19. The fourth-order valence-electron chi connectivity index (χ4n) is 3.87. The van der Waals surface area contributed by atoms with Gasteiger partial charge in [0.15, 0.2) is 11.5 Å². The zero-order valence-electron chi connectivity index (χ0n) is 18.7. The van der Waals surface area contributed by atoms with E-state index in [-0.39, 0.29) is 11.1 Å². The number of para-hydroxylation sites is 1. The Morgan fingerprint density at radius 2 is 1.66 bits per heavy atom. The molecule has 35 heavy (non-hydrogen) atoms. The molecule has 5 rings (SSSR count). The van der Waals surface area contributed by atoms with Crippen molar-refractivity contribution in [1.29, 1.82) is 0 Å². The Morgan fingerprint density at radius 3 is 2.43 bits per heavy atom. The second-order valence-electron chi connectivity index (χ2n) is 7.86. The van der Waals surface area contributed by atoms with Crippen LogP contribution in [0, 0.1) is 0 Å². The topological polar surface area (TPSA) is 55.8 Å². The Hall–Kier alpha value is -3.74. The molecule has 0 bridgehead atoms. The standard InChI is InChI=1S/C28H20ClNO4S/c1-33-24-15-19(16-25-27(31)30(28(32)35-25)22-9-3-2-4-10-22)14-23(29)26(24)34-17-18-11-12-20-7-5-6-8-21(20)13-18/h2-16H,17H2,1H3/b25-16-. The monoisotopic (exact) mass is 501 g/mol. The van der Waals surface area contributed by atoms with Gasteiger partial charge in [0.05, 0.1) is 22.7 Å². The molecule has 0 spiro atoms. The van der Waals surface area contributed by atoms with E-state index in [0.717, 1.165) is 33.0 Å². The van der Waals surface area contributed by atoms with Crippen molar-refractivity contribution in [2.75, 3.05) is 12.0 Å². The molecule has 5 nitrogen and oxygen atoms in total. The fourth-order valence-corrected chi connectivity index (χ4v) is 4.98. The molecule has 1 saturated heterocycles. The van der Waals surface area contributed by atoms with Crippen LogP contribution in [0.2, 0.25) is 5.02 Å². The first-order chi connectivity index (χ1) is 17.0. The predicted molar refractivity (Wildman–Crippen MR) is 141 cm³/mol. The predicted octanol–water partition coefficient (Wildman–Crippen LogP) is 7.32. The van der Waals surface area contributed by atoms with Crippen LogP contribution in [0.25, 0.3) is 16.8 Å². The molecule has 4 aromatic rings. The molecule has 0 radical (unpaired) electrons. The van der Waals surface area contributed by atoms with Gasteiger partial charge in [0, 0.05) is 0 Å². The first-order valence-corrected chi connectivity index (χ1v) is 12.0. The Bertz CT molecular complexity index is 1470. The molecule has 4 aromatic carbocycles. The van der Waals surface area contributed by atoms with Gasteiger partial charge >= 0.3 is 0 Å². The lowest BCUT2D eigenvalue weighted by molar-refractivity contribution is -0.113. The quantitative estimate of drug-likeness (QED) is 0.259. The Morgan fingerprint density at radius 1 is 0.914 bits per heavy atom. The van der Waals surface area contributed by atoms with Crippen LogP contribution in [0.4, 0.5) is 10.5 Å². The summed E-state index contributed by atoms with van der Waals surface area (Å²) in [6, 6.07) is 26.5. The number of hydrogen-bond donors (Lipinski definition) is 0. The largest absolute Gasteiger partial charge is 0.493 e. The number of methoxy groups -OCH3 is 1. The molecule has 174 valence electrons. The third-order valence-electron chi connectivity index (χ3n) is 5.55. The van der Waals surface area contributed by atoms with Crippen LogP contribution in [-0.4, -0.2) is 18.3 Å². The summed E-state index contributed by atoms with van der Waals surface area (Å²) in [6.07, 6.45) is 1.63. The molecule has 0 unspecified atom stereocenters. The average Bonchev–Trinajstić information content (AvgIpc) is 3.15. The minimum atomic E-state index is -0.377. The van der Waals surface area contributed by atoms with Crippen molar-refractivity contribution in [3.05, 3.63) is 106 Å². The Kier molecular flexibility index (Phi) is 6.49. The van der Waals surface area contributed by atoms with E-state index in [1.54, 1.807) is 42.5 Å². The van der Waals surface area contributed by atoms with Crippen molar-refractivity contribution in [3.63, 3.8) is 0 Å². The van der Waals surface area contributed by atoms with E-state index in [1.807, 2.05) is 24.3 Å². The van der Waals surface area contributed by atoms with E-state index < -0.39 is 0 Å². The van der Waals surface area contributed by atoms with E-state index in [9.17, 15) is 9.59 Å². The number of benzene rings is 4. The Labute approximate surface area is 211 Å². The van der Waals surface area contributed by atoms with Gasteiger partial charge in [0.1, 0.15) is 6.61 Å². The van der Waals surface area contributed by atoms with Crippen molar-refractivity contribution in [2.24, 2.45) is 0 Å². The van der Waals surface area contributed by atoms with Gasteiger partial charge in [-0.3, -0.25) is 9.59 Å². The highest BCUT2D eigenvalue weighted by Crippen LogP contribution is 2.40. The van der Waals surface area contributed by atoms with E-state index in [4.69, 9.17) is 21.1 Å². The summed E-state index contributed by atoms with van der Waals surface area (Å²) >= 11 is 7.43. The van der Waals surface area contributed by atoms with Crippen LogP contribution in [0.3, 0.4) is 0 Å². The van der Waals surface area contributed by atoms with Gasteiger partial charge in [0.25, 0.3) is 11.1 Å². The molecule has 1 aliphatic heterocycles. The minimum Gasteiger partial charge on any atom is -0.493 e. The van der Waals surface area contributed by atoms with Gasteiger partial charge in [-0.25, -0.2) is 4.90 Å². The molecule has 0 aromatic heterocycles. The molecule has 2 amide bonds. The number of hydrogen-bond acceptors (Lipinski definition) is 5. The Balaban J connectivity index is 1.38. The first-order valence-electron chi connectivity index (χ1n) is 10.8. The average molecular weight is 502 g/mol. The number of rotatable bonds is 6. The normalized spacial score (nSPS) is 14.7. The number of nitrogens with zero attached hydrogens (tertiary/aromatic N) is 1. The van der Waals surface area contributed by atoms with Crippen molar-refractivity contribution in [1.82, 2.24) is 0 Å². The molecular weight excluding hydrogens is 482 g/mol. The second kappa shape index (κ2) is 9.86. The lowest BCUT2D eigenvalue weighted by Gasteiger charge is -2.14. The number of halogens is 1. The maximum atomic E-state index is 12.9. The summed E-state index contributed by atoms with van der Waals surface area (Å²) in [4.78, 5) is 26.9. The van der Waals surface area contributed by atoms with Crippen LogP contribution in [0.15, 0.2) is 89.8 Å².